The molecule has 2 N–H and O–H groups in total. The van der Waals surface area contributed by atoms with E-state index in [-0.39, 0.29) is 5.75 Å². The number of halogens is 2. The maximum atomic E-state index is 14.6. The summed E-state index contributed by atoms with van der Waals surface area (Å²) in [7, 11) is 0. The maximum Gasteiger partial charge on any atom is 0.132 e. The van der Waals surface area contributed by atoms with Gasteiger partial charge in [0.15, 0.2) is 0 Å². The molecule has 0 spiro atoms. The van der Waals surface area contributed by atoms with E-state index in [0.717, 1.165) is 38.4 Å². The lowest BCUT2D eigenvalue weighted by molar-refractivity contribution is 0.0398. The Morgan fingerprint density at radius 3 is 2.74 bits per heavy atom. The zero-order chi connectivity index (χ0) is 21.8. The third-order valence-electron chi connectivity index (χ3n) is 5.34. The van der Waals surface area contributed by atoms with Gasteiger partial charge in [-0.2, -0.15) is 0 Å². The van der Waals surface area contributed by atoms with Crippen molar-refractivity contribution in [3.63, 3.8) is 0 Å². The summed E-state index contributed by atoms with van der Waals surface area (Å²) in [6.45, 7) is 6.78. The first-order valence-corrected chi connectivity index (χ1v) is 10.7. The van der Waals surface area contributed by atoms with Gasteiger partial charge in [0.25, 0.3) is 0 Å². The van der Waals surface area contributed by atoms with Gasteiger partial charge in [-0.25, -0.2) is 9.37 Å². The van der Waals surface area contributed by atoms with Crippen LogP contribution in [0.15, 0.2) is 48.5 Å². The summed E-state index contributed by atoms with van der Waals surface area (Å²) >= 11 is 6.33. The molecule has 1 saturated heterocycles. The second-order valence-corrected chi connectivity index (χ2v) is 8.03. The van der Waals surface area contributed by atoms with Crippen molar-refractivity contribution in [1.29, 1.82) is 0 Å². The number of nitrogens with zero attached hydrogens (tertiary/aromatic N) is 2. The molecule has 0 amide bonds. The molecule has 0 atom stereocenters. The molecule has 0 radical (unpaired) electrons. The van der Waals surface area contributed by atoms with Crippen LogP contribution in [-0.2, 0) is 4.74 Å². The summed E-state index contributed by atoms with van der Waals surface area (Å²) in [5, 5.41) is 14.1. The Labute approximate surface area is 186 Å². The van der Waals surface area contributed by atoms with E-state index in [2.05, 4.69) is 10.2 Å². The number of benzene rings is 2. The molecule has 162 valence electrons. The highest BCUT2D eigenvalue weighted by Gasteiger charge is 2.16. The minimum Gasteiger partial charge on any atom is -0.507 e. The number of pyridine rings is 1. The highest BCUT2D eigenvalue weighted by Crippen LogP contribution is 2.36. The van der Waals surface area contributed by atoms with Crippen molar-refractivity contribution in [3.8, 4) is 28.1 Å². The van der Waals surface area contributed by atoms with Crippen molar-refractivity contribution in [2.24, 2.45) is 0 Å². The number of aryl methyl sites for hydroxylation is 1. The number of nitrogens with one attached hydrogen (secondary N) is 1. The number of aromatic hydroxyl groups is 1. The van der Waals surface area contributed by atoms with E-state index in [9.17, 15) is 9.50 Å². The van der Waals surface area contributed by atoms with Crippen LogP contribution in [0.2, 0.25) is 5.02 Å². The monoisotopic (exact) mass is 441 g/mol. The van der Waals surface area contributed by atoms with E-state index >= 15 is 0 Å². The lowest BCUT2D eigenvalue weighted by Gasteiger charge is -2.26. The molecule has 31 heavy (non-hydrogen) atoms. The Morgan fingerprint density at radius 1 is 1.16 bits per heavy atom. The number of morpholine rings is 1. The van der Waals surface area contributed by atoms with Crippen molar-refractivity contribution in [1.82, 2.24) is 9.88 Å². The van der Waals surface area contributed by atoms with Crippen molar-refractivity contribution in [3.05, 3.63) is 64.9 Å². The van der Waals surface area contributed by atoms with E-state index in [1.165, 1.54) is 6.07 Å². The fourth-order valence-electron chi connectivity index (χ4n) is 3.70. The summed E-state index contributed by atoms with van der Waals surface area (Å²) < 4.78 is 20.0. The minimum absolute atomic E-state index is 0.120. The van der Waals surface area contributed by atoms with E-state index in [0.29, 0.717) is 39.8 Å². The molecule has 1 aliphatic heterocycles. The van der Waals surface area contributed by atoms with Crippen LogP contribution in [0.3, 0.4) is 0 Å². The van der Waals surface area contributed by atoms with Crippen LogP contribution < -0.4 is 5.32 Å². The van der Waals surface area contributed by atoms with Crippen LogP contribution in [0.1, 0.15) is 5.56 Å². The zero-order valence-corrected chi connectivity index (χ0v) is 18.1. The second-order valence-electron chi connectivity index (χ2n) is 7.62. The molecule has 7 heteroatoms. The smallest absolute Gasteiger partial charge is 0.132 e. The Kier molecular flexibility index (Phi) is 6.70. The molecule has 1 aromatic heterocycles. The van der Waals surface area contributed by atoms with Gasteiger partial charge in [0.1, 0.15) is 17.4 Å². The number of hydrogen-bond acceptors (Lipinski definition) is 5. The van der Waals surface area contributed by atoms with Crippen LogP contribution in [-0.4, -0.2) is 54.4 Å². The summed E-state index contributed by atoms with van der Waals surface area (Å²) in [4.78, 5) is 7.01. The quantitative estimate of drug-likeness (QED) is 0.565. The molecule has 3 aromatic rings. The van der Waals surface area contributed by atoms with Gasteiger partial charge in [-0.15, -0.1) is 0 Å². The topological polar surface area (TPSA) is 57.6 Å². The highest BCUT2D eigenvalue weighted by atomic mass is 35.5. The van der Waals surface area contributed by atoms with E-state index in [1.807, 2.05) is 19.1 Å². The molecular formula is C24H25ClFN3O2. The Morgan fingerprint density at radius 2 is 1.97 bits per heavy atom. The lowest BCUT2D eigenvalue weighted by Crippen LogP contribution is -2.39. The lowest BCUT2D eigenvalue weighted by atomic mass is 10.0. The average molecular weight is 442 g/mol. The molecular weight excluding hydrogens is 417 g/mol. The molecule has 1 aliphatic rings. The fraction of sp³-hybridized carbons (Fsp3) is 0.292. The Bertz CT molecular complexity index is 1050. The number of phenols is 1. The van der Waals surface area contributed by atoms with E-state index in [4.69, 9.17) is 21.3 Å². The van der Waals surface area contributed by atoms with Crippen LogP contribution in [0.25, 0.3) is 22.4 Å². The van der Waals surface area contributed by atoms with Crippen molar-refractivity contribution in [2.45, 2.75) is 6.92 Å². The predicted molar refractivity (Wildman–Crippen MR) is 122 cm³/mol. The molecule has 4 rings (SSSR count). The molecule has 2 aromatic carbocycles. The van der Waals surface area contributed by atoms with Crippen LogP contribution in [0.4, 0.5) is 10.2 Å². The fourth-order valence-corrected chi connectivity index (χ4v) is 3.97. The van der Waals surface area contributed by atoms with Gasteiger partial charge in [-0.1, -0.05) is 29.3 Å². The van der Waals surface area contributed by atoms with Crippen LogP contribution in [0, 0.1) is 12.7 Å². The number of hydrogen-bond donors (Lipinski definition) is 2. The average Bonchev–Trinajstić information content (AvgIpc) is 2.76. The second kappa shape index (κ2) is 9.64. The van der Waals surface area contributed by atoms with Crippen molar-refractivity contribution >= 4 is 17.4 Å². The Balaban J connectivity index is 1.69. The van der Waals surface area contributed by atoms with Gasteiger partial charge < -0.3 is 15.2 Å². The molecule has 0 bridgehead atoms. The van der Waals surface area contributed by atoms with Gasteiger partial charge in [0.2, 0.25) is 0 Å². The first-order chi connectivity index (χ1) is 15.0. The van der Waals surface area contributed by atoms with Crippen LogP contribution in [0.5, 0.6) is 5.75 Å². The molecule has 0 unspecified atom stereocenters. The van der Waals surface area contributed by atoms with Gasteiger partial charge in [0, 0.05) is 37.3 Å². The van der Waals surface area contributed by atoms with Crippen molar-refractivity contribution in [2.75, 3.05) is 44.7 Å². The number of ether oxygens (including phenoxy) is 1. The minimum atomic E-state index is -0.405. The van der Waals surface area contributed by atoms with Crippen molar-refractivity contribution < 1.29 is 14.2 Å². The molecule has 0 saturated carbocycles. The number of phenolic OH excluding ortho intramolecular Hbond substituents is 1. The first-order valence-electron chi connectivity index (χ1n) is 10.3. The zero-order valence-electron chi connectivity index (χ0n) is 17.4. The number of anilines is 1. The predicted octanol–water partition coefficient (Wildman–Crippen LogP) is 4.97. The largest absolute Gasteiger partial charge is 0.507 e. The number of rotatable bonds is 6. The van der Waals surface area contributed by atoms with E-state index < -0.39 is 5.82 Å². The maximum absolute atomic E-state index is 14.6. The standard InChI is InChI=1S/C24H25ClFN3O2/c1-16-5-6-22(30)18(13-16)21-14-17(24-19(25)3-2-4-20(24)26)15-23(28-21)27-7-8-29-9-11-31-12-10-29/h2-6,13-15,30H,7-12H2,1H3,(H,27,28). The van der Waals surface area contributed by atoms with Gasteiger partial charge >= 0.3 is 0 Å². The first kappa shape index (κ1) is 21.6. The summed E-state index contributed by atoms with van der Waals surface area (Å²) in [6.07, 6.45) is 0. The highest BCUT2D eigenvalue weighted by molar-refractivity contribution is 6.33. The normalized spacial score (nSPS) is 14.5. The SMILES string of the molecule is Cc1ccc(O)c(-c2cc(-c3c(F)cccc3Cl)cc(NCCN3CCOCC3)n2)c1. The molecule has 0 aliphatic carbocycles. The van der Waals surface area contributed by atoms with Gasteiger partial charge in [0.05, 0.1) is 23.9 Å². The summed E-state index contributed by atoms with van der Waals surface area (Å²) in [5.74, 6) is 0.313. The van der Waals surface area contributed by atoms with E-state index in [1.54, 1.807) is 30.3 Å². The molecule has 1 fully saturated rings. The van der Waals surface area contributed by atoms with Gasteiger partial charge in [-0.3, -0.25) is 4.90 Å². The number of aromatic nitrogens is 1. The van der Waals surface area contributed by atoms with Gasteiger partial charge in [-0.05, 0) is 48.9 Å². The third kappa shape index (κ3) is 5.15. The molecule has 2 heterocycles. The third-order valence-corrected chi connectivity index (χ3v) is 5.66. The summed E-state index contributed by atoms with van der Waals surface area (Å²) in [5.41, 5.74) is 3.04. The summed E-state index contributed by atoms with van der Waals surface area (Å²) in [6, 6.07) is 13.5. The Hall–Kier alpha value is -2.67. The molecule has 5 nitrogen and oxygen atoms in total. The van der Waals surface area contributed by atoms with Crippen LogP contribution >= 0.6 is 11.6 Å².